The van der Waals surface area contributed by atoms with E-state index >= 15 is 0 Å². The van der Waals surface area contributed by atoms with Gasteiger partial charge < -0.3 is 10.1 Å². The lowest BCUT2D eigenvalue weighted by molar-refractivity contribution is -0.122. The first-order valence-corrected chi connectivity index (χ1v) is 8.66. The van der Waals surface area contributed by atoms with Crippen LogP contribution in [0.1, 0.15) is 65.7 Å². The van der Waals surface area contributed by atoms with Gasteiger partial charge in [0.2, 0.25) is 5.91 Å². The Bertz CT molecular complexity index is 287. The lowest BCUT2D eigenvalue weighted by Gasteiger charge is -2.40. The molecule has 4 nitrogen and oxygen atoms in total. The van der Waals surface area contributed by atoms with Crippen LogP contribution in [-0.2, 0) is 9.53 Å². The zero-order chi connectivity index (χ0) is 15.6. The zero-order valence-electron chi connectivity index (χ0n) is 14.2. The Hall–Kier alpha value is -0.610. The van der Waals surface area contributed by atoms with Crippen LogP contribution in [0.25, 0.3) is 0 Å². The summed E-state index contributed by atoms with van der Waals surface area (Å²) in [7, 11) is 0. The molecular weight excluding hydrogens is 264 g/mol. The zero-order valence-corrected chi connectivity index (χ0v) is 14.2. The fraction of sp³-hybridized carbons (Fsp3) is 0.941. The van der Waals surface area contributed by atoms with Gasteiger partial charge >= 0.3 is 0 Å². The molecule has 0 radical (unpaired) electrons. The highest BCUT2D eigenvalue weighted by Crippen LogP contribution is 2.15. The average molecular weight is 298 g/mol. The Morgan fingerprint density at radius 2 is 1.71 bits per heavy atom. The number of amides is 1. The van der Waals surface area contributed by atoms with Crippen molar-refractivity contribution in [3.05, 3.63) is 0 Å². The molecule has 0 aromatic carbocycles. The summed E-state index contributed by atoms with van der Waals surface area (Å²) in [4.78, 5) is 14.3. The monoisotopic (exact) mass is 298 g/mol. The second-order valence-corrected chi connectivity index (χ2v) is 6.71. The third-order valence-corrected chi connectivity index (χ3v) is 4.34. The molecule has 0 aromatic heterocycles. The number of unbranched alkanes of at least 4 members (excludes halogenated alkanes) is 5. The molecule has 1 heterocycles. The van der Waals surface area contributed by atoms with Gasteiger partial charge in [-0.1, -0.05) is 39.0 Å². The maximum Gasteiger partial charge on any atom is 0.220 e. The molecule has 21 heavy (non-hydrogen) atoms. The van der Waals surface area contributed by atoms with E-state index in [0.717, 1.165) is 39.3 Å². The van der Waals surface area contributed by atoms with Crippen LogP contribution in [0.2, 0.25) is 0 Å². The molecule has 0 bridgehead atoms. The summed E-state index contributed by atoms with van der Waals surface area (Å²) in [5.41, 5.74) is 0.0145. The lowest BCUT2D eigenvalue weighted by atomic mass is 10.0. The van der Waals surface area contributed by atoms with Gasteiger partial charge in [-0.05, 0) is 20.3 Å². The summed E-state index contributed by atoms with van der Waals surface area (Å²) >= 11 is 0. The van der Waals surface area contributed by atoms with E-state index in [4.69, 9.17) is 4.74 Å². The number of rotatable bonds is 10. The summed E-state index contributed by atoms with van der Waals surface area (Å²) in [5.74, 6) is 0.201. The van der Waals surface area contributed by atoms with Gasteiger partial charge in [-0.25, -0.2) is 0 Å². The largest absolute Gasteiger partial charge is 0.379 e. The van der Waals surface area contributed by atoms with Crippen LogP contribution in [0.4, 0.5) is 0 Å². The van der Waals surface area contributed by atoms with Gasteiger partial charge in [0.15, 0.2) is 0 Å². The normalized spacial score (nSPS) is 16.9. The smallest absolute Gasteiger partial charge is 0.220 e. The minimum Gasteiger partial charge on any atom is -0.379 e. The van der Waals surface area contributed by atoms with Crippen LogP contribution in [0.5, 0.6) is 0 Å². The molecule has 0 aliphatic carbocycles. The van der Waals surface area contributed by atoms with Gasteiger partial charge in [0.1, 0.15) is 0 Å². The number of hydrogen-bond donors (Lipinski definition) is 1. The highest BCUT2D eigenvalue weighted by Gasteiger charge is 2.28. The Kier molecular flexibility index (Phi) is 8.93. The number of carbonyl (C=O) groups is 1. The molecule has 4 heteroatoms. The van der Waals surface area contributed by atoms with Crippen molar-refractivity contribution in [1.82, 2.24) is 10.2 Å². The highest BCUT2D eigenvalue weighted by atomic mass is 16.5. The number of nitrogens with zero attached hydrogens (tertiary/aromatic N) is 1. The SMILES string of the molecule is CCCCCCCCC(=O)NCC(C)(C)N1CCOCC1. The van der Waals surface area contributed by atoms with E-state index in [-0.39, 0.29) is 11.4 Å². The summed E-state index contributed by atoms with van der Waals surface area (Å²) in [6.07, 6.45) is 8.04. The Labute approximate surface area is 130 Å². The molecule has 0 atom stereocenters. The van der Waals surface area contributed by atoms with E-state index in [1.807, 2.05) is 0 Å². The van der Waals surface area contributed by atoms with E-state index in [0.29, 0.717) is 6.42 Å². The van der Waals surface area contributed by atoms with Gasteiger partial charge in [0.25, 0.3) is 0 Å². The van der Waals surface area contributed by atoms with E-state index in [1.54, 1.807) is 0 Å². The third-order valence-electron chi connectivity index (χ3n) is 4.34. The number of nitrogens with one attached hydrogen (secondary N) is 1. The Morgan fingerprint density at radius 1 is 1.10 bits per heavy atom. The van der Waals surface area contributed by atoms with Crippen LogP contribution in [0, 0.1) is 0 Å². The molecule has 1 aliphatic rings. The van der Waals surface area contributed by atoms with Gasteiger partial charge in [0, 0.05) is 31.6 Å². The first-order valence-electron chi connectivity index (χ1n) is 8.66. The predicted molar refractivity (Wildman–Crippen MR) is 87.5 cm³/mol. The number of hydrogen-bond acceptors (Lipinski definition) is 3. The third kappa shape index (κ3) is 7.82. The van der Waals surface area contributed by atoms with Crippen molar-refractivity contribution < 1.29 is 9.53 Å². The number of ether oxygens (including phenoxy) is 1. The summed E-state index contributed by atoms with van der Waals surface area (Å²) in [6, 6.07) is 0. The summed E-state index contributed by atoms with van der Waals surface area (Å²) in [5, 5.41) is 3.10. The molecule has 0 unspecified atom stereocenters. The molecule has 1 rings (SSSR count). The standard InChI is InChI=1S/C17H34N2O2/c1-4-5-6-7-8-9-10-16(20)18-15-17(2,3)19-11-13-21-14-12-19/h4-15H2,1-3H3,(H,18,20). The Morgan fingerprint density at radius 3 is 2.38 bits per heavy atom. The Balaban J connectivity index is 2.10. The number of morpholine rings is 1. The van der Waals surface area contributed by atoms with Crippen LogP contribution < -0.4 is 5.32 Å². The van der Waals surface area contributed by atoms with Crippen LogP contribution >= 0.6 is 0 Å². The molecule has 1 fully saturated rings. The molecule has 0 aromatic rings. The van der Waals surface area contributed by atoms with Crippen molar-refractivity contribution in [2.75, 3.05) is 32.8 Å². The van der Waals surface area contributed by atoms with Crippen molar-refractivity contribution in [1.29, 1.82) is 0 Å². The summed E-state index contributed by atoms with van der Waals surface area (Å²) in [6.45, 7) is 10.9. The van der Waals surface area contributed by atoms with Gasteiger partial charge in [-0.2, -0.15) is 0 Å². The molecule has 1 saturated heterocycles. The van der Waals surface area contributed by atoms with Gasteiger partial charge in [-0.3, -0.25) is 9.69 Å². The van der Waals surface area contributed by atoms with E-state index in [9.17, 15) is 4.79 Å². The van der Waals surface area contributed by atoms with Crippen molar-refractivity contribution in [3.8, 4) is 0 Å². The van der Waals surface area contributed by atoms with Crippen LogP contribution in [0.15, 0.2) is 0 Å². The maximum atomic E-state index is 11.9. The second-order valence-electron chi connectivity index (χ2n) is 6.71. The van der Waals surface area contributed by atoms with Crippen molar-refractivity contribution in [2.45, 2.75) is 71.3 Å². The van der Waals surface area contributed by atoms with Gasteiger partial charge in [-0.15, -0.1) is 0 Å². The predicted octanol–water partition coefficient (Wildman–Crippen LogP) is 2.96. The first kappa shape index (κ1) is 18.4. The number of carbonyl (C=O) groups excluding carboxylic acids is 1. The minimum absolute atomic E-state index is 0.0145. The van der Waals surface area contributed by atoms with Crippen molar-refractivity contribution in [3.63, 3.8) is 0 Å². The van der Waals surface area contributed by atoms with E-state index in [1.165, 1.54) is 32.1 Å². The molecule has 1 aliphatic heterocycles. The van der Waals surface area contributed by atoms with Crippen molar-refractivity contribution in [2.24, 2.45) is 0 Å². The second kappa shape index (κ2) is 10.2. The topological polar surface area (TPSA) is 41.6 Å². The summed E-state index contributed by atoms with van der Waals surface area (Å²) < 4.78 is 5.38. The quantitative estimate of drug-likeness (QED) is 0.630. The lowest BCUT2D eigenvalue weighted by Crippen LogP contribution is -2.55. The van der Waals surface area contributed by atoms with Crippen LogP contribution in [0.3, 0.4) is 0 Å². The molecule has 1 N–H and O–H groups in total. The van der Waals surface area contributed by atoms with E-state index < -0.39 is 0 Å². The van der Waals surface area contributed by atoms with Crippen LogP contribution in [-0.4, -0.2) is 49.2 Å². The molecule has 0 spiro atoms. The van der Waals surface area contributed by atoms with E-state index in [2.05, 4.69) is 31.0 Å². The van der Waals surface area contributed by atoms with Crippen molar-refractivity contribution >= 4 is 5.91 Å². The molecule has 0 saturated carbocycles. The van der Waals surface area contributed by atoms with Gasteiger partial charge in [0.05, 0.1) is 13.2 Å². The maximum absolute atomic E-state index is 11.9. The highest BCUT2D eigenvalue weighted by molar-refractivity contribution is 5.75. The molecular formula is C17H34N2O2. The minimum atomic E-state index is 0.0145. The fourth-order valence-electron chi connectivity index (χ4n) is 2.75. The molecule has 1 amide bonds. The fourth-order valence-corrected chi connectivity index (χ4v) is 2.75. The molecule has 124 valence electrons. The average Bonchev–Trinajstić information content (AvgIpc) is 2.50. The first-order chi connectivity index (χ1) is 10.1.